The highest BCUT2D eigenvalue weighted by Gasteiger charge is 2.17. The van der Waals surface area contributed by atoms with Gasteiger partial charge in [0, 0.05) is 31.5 Å². The van der Waals surface area contributed by atoms with E-state index in [1.807, 2.05) is 6.07 Å². The molecule has 4 nitrogen and oxygen atoms in total. The third kappa shape index (κ3) is 2.91. The van der Waals surface area contributed by atoms with Crippen LogP contribution in [0.15, 0.2) is 18.3 Å². The molecular weight excluding hydrogens is 190 g/mol. The van der Waals surface area contributed by atoms with Crippen LogP contribution in [0.2, 0.25) is 0 Å². The fourth-order valence-corrected chi connectivity index (χ4v) is 1.89. The number of hydrogen-bond acceptors (Lipinski definition) is 4. The van der Waals surface area contributed by atoms with Crippen LogP contribution in [0.25, 0.3) is 0 Å². The molecule has 1 fully saturated rings. The van der Waals surface area contributed by atoms with Gasteiger partial charge in [-0.05, 0) is 25.0 Å². The average molecular weight is 207 g/mol. The lowest BCUT2D eigenvalue weighted by molar-refractivity contribution is 0.0787. The van der Waals surface area contributed by atoms with E-state index in [-0.39, 0.29) is 6.10 Å². The molecule has 15 heavy (non-hydrogen) atoms. The number of rotatable bonds is 2. The Morgan fingerprint density at radius 2 is 2.20 bits per heavy atom. The van der Waals surface area contributed by atoms with Crippen LogP contribution in [0, 0.1) is 0 Å². The summed E-state index contributed by atoms with van der Waals surface area (Å²) in [5, 5.41) is 9.37. The van der Waals surface area contributed by atoms with Crippen molar-refractivity contribution in [3.8, 4) is 0 Å². The van der Waals surface area contributed by atoms with Gasteiger partial charge < -0.3 is 10.8 Å². The molecule has 1 aromatic heterocycles. The van der Waals surface area contributed by atoms with Gasteiger partial charge in [-0.25, -0.2) is 0 Å². The smallest absolute Gasteiger partial charge is 0.0564 e. The van der Waals surface area contributed by atoms with Crippen LogP contribution in [0.4, 0.5) is 5.69 Å². The quantitative estimate of drug-likeness (QED) is 0.746. The molecule has 2 heterocycles. The zero-order chi connectivity index (χ0) is 10.7. The summed E-state index contributed by atoms with van der Waals surface area (Å²) in [6.45, 7) is 2.72. The molecule has 1 aliphatic heterocycles. The topological polar surface area (TPSA) is 62.4 Å². The van der Waals surface area contributed by atoms with Crippen molar-refractivity contribution in [1.29, 1.82) is 0 Å². The molecule has 0 spiro atoms. The van der Waals surface area contributed by atoms with Crippen molar-refractivity contribution in [3.63, 3.8) is 0 Å². The summed E-state index contributed by atoms with van der Waals surface area (Å²) < 4.78 is 0. The Hall–Kier alpha value is -1.13. The van der Waals surface area contributed by atoms with E-state index in [0.717, 1.165) is 43.9 Å². The molecule has 0 atom stereocenters. The summed E-state index contributed by atoms with van der Waals surface area (Å²) in [5.74, 6) is 0. The molecule has 0 bridgehead atoms. The van der Waals surface area contributed by atoms with Gasteiger partial charge in [0.05, 0.1) is 11.8 Å². The highest BCUT2D eigenvalue weighted by Crippen LogP contribution is 2.13. The molecule has 3 N–H and O–H groups in total. The number of aromatic nitrogens is 1. The summed E-state index contributed by atoms with van der Waals surface area (Å²) >= 11 is 0. The van der Waals surface area contributed by atoms with Crippen molar-refractivity contribution >= 4 is 5.69 Å². The van der Waals surface area contributed by atoms with E-state index in [9.17, 15) is 5.11 Å². The summed E-state index contributed by atoms with van der Waals surface area (Å²) in [7, 11) is 0. The number of nitrogens with zero attached hydrogens (tertiary/aromatic N) is 2. The number of hydrogen-bond donors (Lipinski definition) is 2. The minimum Gasteiger partial charge on any atom is -0.399 e. The molecule has 0 aromatic carbocycles. The SMILES string of the molecule is Nc1ccnc(CN2CCC(O)CC2)c1. The number of aliphatic hydroxyl groups is 1. The molecular formula is C11H17N3O. The largest absolute Gasteiger partial charge is 0.399 e. The van der Waals surface area contributed by atoms with E-state index in [1.165, 1.54) is 0 Å². The Balaban J connectivity index is 1.92. The molecule has 4 heteroatoms. The standard InChI is InChI=1S/C11H17N3O/c12-9-1-4-13-10(7-9)8-14-5-2-11(15)3-6-14/h1,4,7,11,15H,2-3,5-6,8H2,(H2,12,13). The number of pyridine rings is 1. The second kappa shape index (κ2) is 4.59. The van der Waals surface area contributed by atoms with Gasteiger partial charge in [0.2, 0.25) is 0 Å². The summed E-state index contributed by atoms with van der Waals surface area (Å²) in [4.78, 5) is 6.57. The maximum atomic E-state index is 9.37. The van der Waals surface area contributed by atoms with Gasteiger partial charge in [0.15, 0.2) is 0 Å². The normalized spacial score (nSPS) is 19.3. The molecule has 82 valence electrons. The number of nitrogen functional groups attached to an aromatic ring is 1. The second-order valence-corrected chi connectivity index (χ2v) is 4.09. The number of anilines is 1. The molecule has 2 rings (SSSR count). The molecule has 0 amide bonds. The average Bonchev–Trinajstić information content (AvgIpc) is 2.22. The second-order valence-electron chi connectivity index (χ2n) is 4.09. The van der Waals surface area contributed by atoms with Crippen LogP contribution in [0.5, 0.6) is 0 Å². The maximum absolute atomic E-state index is 9.37. The molecule has 0 radical (unpaired) electrons. The van der Waals surface area contributed by atoms with E-state index in [2.05, 4.69) is 9.88 Å². The summed E-state index contributed by atoms with van der Waals surface area (Å²) in [6, 6.07) is 3.70. The molecule has 0 saturated carbocycles. The lowest BCUT2D eigenvalue weighted by Crippen LogP contribution is -2.35. The fraction of sp³-hybridized carbons (Fsp3) is 0.545. The molecule has 1 aromatic rings. The van der Waals surface area contributed by atoms with E-state index in [1.54, 1.807) is 12.3 Å². The molecule has 1 aliphatic rings. The zero-order valence-corrected chi connectivity index (χ0v) is 8.76. The van der Waals surface area contributed by atoms with Crippen LogP contribution < -0.4 is 5.73 Å². The monoisotopic (exact) mass is 207 g/mol. The van der Waals surface area contributed by atoms with Crippen LogP contribution in [-0.4, -0.2) is 34.2 Å². The van der Waals surface area contributed by atoms with Crippen molar-refractivity contribution in [3.05, 3.63) is 24.0 Å². The number of piperidine rings is 1. The van der Waals surface area contributed by atoms with Gasteiger partial charge in [0.25, 0.3) is 0 Å². The number of likely N-dealkylation sites (tertiary alicyclic amines) is 1. The first-order valence-corrected chi connectivity index (χ1v) is 5.35. The first kappa shape index (κ1) is 10.4. The van der Waals surface area contributed by atoms with Crippen LogP contribution in [-0.2, 0) is 6.54 Å². The third-order valence-corrected chi connectivity index (χ3v) is 2.78. The first-order valence-electron chi connectivity index (χ1n) is 5.35. The first-order chi connectivity index (χ1) is 7.24. The Labute approximate surface area is 89.7 Å². The van der Waals surface area contributed by atoms with Crippen LogP contribution in [0.3, 0.4) is 0 Å². The predicted octanol–water partition coefficient (Wildman–Crippen LogP) is 0.620. The van der Waals surface area contributed by atoms with Crippen LogP contribution >= 0.6 is 0 Å². The van der Waals surface area contributed by atoms with Gasteiger partial charge in [-0.2, -0.15) is 0 Å². The van der Waals surface area contributed by atoms with E-state index >= 15 is 0 Å². The fourth-order valence-electron chi connectivity index (χ4n) is 1.89. The van der Waals surface area contributed by atoms with Crippen molar-refractivity contribution in [2.24, 2.45) is 0 Å². The molecule has 1 saturated heterocycles. The number of aliphatic hydroxyl groups excluding tert-OH is 1. The Bertz CT molecular complexity index is 321. The lowest BCUT2D eigenvalue weighted by Gasteiger charge is -2.29. The Morgan fingerprint density at radius 1 is 1.47 bits per heavy atom. The predicted molar refractivity (Wildman–Crippen MR) is 59.2 cm³/mol. The van der Waals surface area contributed by atoms with Gasteiger partial charge in [-0.3, -0.25) is 9.88 Å². The minimum absolute atomic E-state index is 0.116. The summed E-state index contributed by atoms with van der Waals surface area (Å²) in [5.41, 5.74) is 7.45. The lowest BCUT2D eigenvalue weighted by atomic mass is 10.1. The van der Waals surface area contributed by atoms with Crippen molar-refractivity contribution < 1.29 is 5.11 Å². The van der Waals surface area contributed by atoms with Crippen molar-refractivity contribution in [2.45, 2.75) is 25.5 Å². The highest BCUT2D eigenvalue weighted by atomic mass is 16.3. The van der Waals surface area contributed by atoms with E-state index < -0.39 is 0 Å². The Morgan fingerprint density at radius 3 is 2.87 bits per heavy atom. The van der Waals surface area contributed by atoms with E-state index in [0.29, 0.717) is 0 Å². The highest BCUT2D eigenvalue weighted by molar-refractivity contribution is 5.37. The van der Waals surface area contributed by atoms with Gasteiger partial charge in [-0.1, -0.05) is 0 Å². The third-order valence-electron chi connectivity index (χ3n) is 2.78. The van der Waals surface area contributed by atoms with Crippen LogP contribution in [0.1, 0.15) is 18.5 Å². The zero-order valence-electron chi connectivity index (χ0n) is 8.76. The maximum Gasteiger partial charge on any atom is 0.0564 e. The number of nitrogens with two attached hydrogens (primary N) is 1. The molecule has 0 unspecified atom stereocenters. The van der Waals surface area contributed by atoms with Crippen molar-refractivity contribution in [2.75, 3.05) is 18.8 Å². The summed E-state index contributed by atoms with van der Waals surface area (Å²) in [6.07, 6.45) is 3.35. The van der Waals surface area contributed by atoms with Gasteiger partial charge in [-0.15, -0.1) is 0 Å². The Kier molecular flexibility index (Phi) is 3.18. The minimum atomic E-state index is -0.116. The van der Waals surface area contributed by atoms with Gasteiger partial charge in [0.1, 0.15) is 0 Å². The van der Waals surface area contributed by atoms with Gasteiger partial charge >= 0.3 is 0 Å². The van der Waals surface area contributed by atoms with E-state index in [4.69, 9.17) is 5.73 Å². The molecule has 0 aliphatic carbocycles. The van der Waals surface area contributed by atoms with Crippen molar-refractivity contribution in [1.82, 2.24) is 9.88 Å².